The summed E-state index contributed by atoms with van der Waals surface area (Å²) in [7, 11) is -3.66. The van der Waals surface area contributed by atoms with Gasteiger partial charge in [0.1, 0.15) is 0 Å². The monoisotopic (exact) mass is 527 g/mol. The molecule has 8 nitrogen and oxygen atoms in total. The van der Waals surface area contributed by atoms with Crippen molar-refractivity contribution in [1.29, 1.82) is 0 Å². The molecule has 0 spiro atoms. The molecular formula is C20H15F6NO7S. The molecule has 0 saturated heterocycles. The van der Waals surface area contributed by atoms with E-state index in [1.807, 2.05) is 6.92 Å². The topological polar surface area (TPSA) is 131 Å². The third kappa shape index (κ3) is 7.84. The predicted octanol–water partition coefficient (Wildman–Crippen LogP) is 4.27. The fourth-order valence-electron chi connectivity index (χ4n) is 2.30. The highest BCUT2D eigenvalue weighted by molar-refractivity contribution is 7.90. The lowest BCUT2D eigenvalue weighted by Crippen LogP contribution is -2.21. The number of carbonyl (C=O) groups excluding carboxylic acids is 1. The Kier molecular flexibility index (Phi) is 9.19. The molecule has 0 unspecified atom stereocenters. The first-order chi connectivity index (χ1) is 15.9. The Morgan fingerprint density at radius 1 is 0.857 bits per heavy atom. The Morgan fingerprint density at radius 3 is 1.71 bits per heavy atom. The van der Waals surface area contributed by atoms with Gasteiger partial charge in [-0.3, -0.25) is 4.79 Å². The van der Waals surface area contributed by atoms with Crippen LogP contribution >= 0.6 is 0 Å². The van der Waals surface area contributed by atoms with Gasteiger partial charge in [0.05, 0.1) is 10.4 Å². The summed E-state index contributed by atoms with van der Waals surface area (Å²) < 4.78 is 90.1. The van der Waals surface area contributed by atoms with E-state index < -0.39 is 34.3 Å². The molecule has 0 saturated carbocycles. The van der Waals surface area contributed by atoms with Crippen molar-refractivity contribution >= 4 is 39.2 Å². The number of halogens is 6. The summed E-state index contributed by atoms with van der Waals surface area (Å²) in [6.07, 6.45) is -7.96. The van der Waals surface area contributed by atoms with Crippen molar-refractivity contribution in [2.75, 3.05) is 0 Å². The van der Waals surface area contributed by atoms with Crippen LogP contribution in [-0.2, 0) is 19.6 Å². The van der Waals surface area contributed by atoms with E-state index in [9.17, 15) is 39.6 Å². The molecule has 190 valence electrons. The number of benzene rings is 2. The summed E-state index contributed by atoms with van der Waals surface area (Å²) in [6.45, 7) is 1.90. The molecule has 0 fully saturated rings. The molecule has 1 heterocycles. The quantitative estimate of drug-likeness (QED) is 0.384. The van der Waals surface area contributed by atoms with E-state index in [2.05, 4.69) is 0 Å². The zero-order valence-electron chi connectivity index (χ0n) is 17.3. The smallest absolute Gasteiger partial charge is 0.475 e. The molecule has 35 heavy (non-hydrogen) atoms. The average Bonchev–Trinajstić information content (AvgIpc) is 3.19. The lowest BCUT2D eigenvalue weighted by Gasteiger charge is -2.08. The van der Waals surface area contributed by atoms with Gasteiger partial charge in [-0.25, -0.2) is 22.0 Å². The molecule has 3 aromatic rings. The SMILES string of the molecule is Cc1ccc(S(=O)(=O)n2ccc3c(C=O)cccc32)cc1.O=C(O)C(F)(F)F.O=C(O)C(F)(F)F. The first-order valence-electron chi connectivity index (χ1n) is 8.90. The Morgan fingerprint density at radius 2 is 1.31 bits per heavy atom. The van der Waals surface area contributed by atoms with E-state index in [0.717, 1.165) is 11.8 Å². The fraction of sp³-hybridized carbons (Fsp3) is 0.150. The number of hydrogen-bond donors (Lipinski definition) is 2. The number of aliphatic carboxylic acids is 2. The maximum Gasteiger partial charge on any atom is 0.490 e. The van der Waals surface area contributed by atoms with Crippen molar-refractivity contribution in [3.05, 3.63) is 65.9 Å². The largest absolute Gasteiger partial charge is 0.490 e. The van der Waals surface area contributed by atoms with Crippen LogP contribution in [0.2, 0.25) is 0 Å². The number of alkyl halides is 6. The zero-order valence-corrected chi connectivity index (χ0v) is 18.1. The lowest BCUT2D eigenvalue weighted by molar-refractivity contribution is -0.193. The summed E-state index contributed by atoms with van der Waals surface area (Å²) in [5, 5.41) is 14.9. The van der Waals surface area contributed by atoms with E-state index >= 15 is 0 Å². The van der Waals surface area contributed by atoms with Gasteiger partial charge in [-0.05, 0) is 31.2 Å². The van der Waals surface area contributed by atoms with Crippen molar-refractivity contribution in [3.8, 4) is 0 Å². The molecule has 15 heteroatoms. The Balaban J connectivity index is 0.000000362. The second kappa shape index (κ2) is 11.0. The third-order valence-corrected chi connectivity index (χ3v) is 5.62. The van der Waals surface area contributed by atoms with Gasteiger partial charge >= 0.3 is 24.3 Å². The number of nitrogens with zero attached hydrogens (tertiary/aromatic N) is 1. The minimum absolute atomic E-state index is 0.224. The minimum Gasteiger partial charge on any atom is -0.475 e. The van der Waals surface area contributed by atoms with Crippen molar-refractivity contribution in [1.82, 2.24) is 3.97 Å². The normalized spacial score (nSPS) is 11.5. The first kappa shape index (κ1) is 29.2. The molecule has 2 aromatic carbocycles. The third-order valence-electron chi connectivity index (χ3n) is 3.92. The van der Waals surface area contributed by atoms with Gasteiger partial charge in [0.15, 0.2) is 6.29 Å². The molecule has 1 aromatic heterocycles. The Labute approximate surface area is 193 Å². The summed E-state index contributed by atoms with van der Waals surface area (Å²) in [6, 6.07) is 13.4. The summed E-state index contributed by atoms with van der Waals surface area (Å²) in [4.78, 5) is 29.0. The van der Waals surface area contributed by atoms with Crippen LogP contribution in [0.15, 0.2) is 59.6 Å². The van der Waals surface area contributed by atoms with Crippen LogP contribution in [-0.4, -0.2) is 53.2 Å². The fourth-order valence-corrected chi connectivity index (χ4v) is 3.65. The molecule has 0 amide bonds. The molecule has 3 rings (SSSR count). The van der Waals surface area contributed by atoms with E-state index in [4.69, 9.17) is 19.8 Å². The zero-order chi connectivity index (χ0) is 27.2. The number of carbonyl (C=O) groups is 3. The number of rotatable bonds is 3. The summed E-state index contributed by atoms with van der Waals surface area (Å²) in [5.41, 5.74) is 1.97. The molecule has 0 atom stereocenters. The molecule has 2 N–H and O–H groups in total. The number of hydrogen-bond acceptors (Lipinski definition) is 5. The van der Waals surface area contributed by atoms with Crippen LogP contribution < -0.4 is 0 Å². The first-order valence-corrected chi connectivity index (χ1v) is 10.3. The highest BCUT2D eigenvalue weighted by Gasteiger charge is 2.38. The van der Waals surface area contributed by atoms with E-state index in [-0.39, 0.29) is 4.90 Å². The van der Waals surface area contributed by atoms with Gasteiger partial charge in [0, 0.05) is 17.1 Å². The molecule has 0 aliphatic carbocycles. The van der Waals surface area contributed by atoms with Gasteiger partial charge in [-0.1, -0.05) is 29.8 Å². The van der Waals surface area contributed by atoms with Crippen LogP contribution in [0.3, 0.4) is 0 Å². The summed E-state index contributed by atoms with van der Waals surface area (Å²) >= 11 is 0. The second-order valence-electron chi connectivity index (χ2n) is 6.43. The minimum atomic E-state index is -5.08. The number of fused-ring (bicyclic) bond motifs is 1. The van der Waals surface area contributed by atoms with Crippen LogP contribution in [0, 0.1) is 6.92 Å². The maximum atomic E-state index is 12.7. The molecule has 0 bridgehead atoms. The molecule has 0 radical (unpaired) electrons. The Bertz CT molecular complexity index is 1290. The molecule has 0 aliphatic rings. The molecule has 0 aliphatic heterocycles. The van der Waals surface area contributed by atoms with Crippen molar-refractivity contribution in [2.45, 2.75) is 24.2 Å². The van der Waals surface area contributed by atoms with Crippen LogP contribution in [0.5, 0.6) is 0 Å². The van der Waals surface area contributed by atoms with Gasteiger partial charge in [0.2, 0.25) is 0 Å². The van der Waals surface area contributed by atoms with Crippen molar-refractivity contribution in [3.63, 3.8) is 0 Å². The lowest BCUT2D eigenvalue weighted by atomic mass is 10.1. The Hall–Kier alpha value is -3.88. The van der Waals surface area contributed by atoms with Gasteiger partial charge in [-0.2, -0.15) is 26.3 Å². The van der Waals surface area contributed by atoms with Gasteiger partial charge in [-0.15, -0.1) is 0 Å². The highest BCUT2D eigenvalue weighted by atomic mass is 32.2. The number of carboxylic acid groups (broad SMARTS) is 2. The van der Waals surface area contributed by atoms with Crippen molar-refractivity contribution < 1.29 is 59.4 Å². The van der Waals surface area contributed by atoms with Crippen LogP contribution in [0.4, 0.5) is 26.3 Å². The van der Waals surface area contributed by atoms with Gasteiger partial charge < -0.3 is 10.2 Å². The standard InChI is InChI=1S/C16H13NO3S.2C2HF3O2/c1-12-5-7-14(8-6-12)21(19,20)17-10-9-15-13(11-18)3-2-4-16(15)17;2*3-2(4,5)1(6)7/h2-11H,1H3;2*(H,6,7). The molecular weight excluding hydrogens is 512 g/mol. The summed E-state index contributed by atoms with van der Waals surface area (Å²) in [5.74, 6) is -5.51. The number of aromatic nitrogens is 1. The number of carboxylic acids is 2. The number of aryl methyl sites for hydroxylation is 1. The van der Waals surface area contributed by atoms with E-state index in [0.29, 0.717) is 16.5 Å². The second-order valence-corrected chi connectivity index (χ2v) is 8.25. The van der Waals surface area contributed by atoms with Crippen LogP contribution in [0.1, 0.15) is 15.9 Å². The van der Waals surface area contributed by atoms with E-state index in [1.165, 1.54) is 10.2 Å². The number of aldehydes is 1. The van der Waals surface area contributed by atoms with Crippen molar-refractivity contribution in [2.24, 2.45) is 0 Å². The van der Waals surface area contributed by atoms with E-state index in [1.54, 1.807) is 48.5 Å². The average molecular weight is 527 g/mol. The van der Waals surface area contributed by atoms with Gasteiger partial charge in [0.25, 0.3) is 10.0 Å². The maximum absolute atomic E-state index is 12.7. The predicted molar refractivity (Wildman–Crippen MR) is 108 cm³/mol. The highest BCUT2D eigenvalue weighted by Crippen LogP contribution is 2.24. The van der Waals surface area contributed by atoms with Crippen LogP contribution in [0.25, 0.3) is 10.9 Å².